The van der Waals surface area contributed by atoms with Crippen LogP contribution in [0.1, 0.15) is 31.4 Å². The summed E-state index contributed by atoms with van der Waals surface area (Å²) in [6.07, 6.45) is 0.323. The number of fused-ring (bicyclic) bond motifs is 1. The Morgan fingerprint density at radius 2 is 2.14 bits per heavy atom. The molecule has 0 aromatic heterocycles. The van der Waals surface area contributed by atoms with E-state index in [1.165, 1.54) is 4.31 Å². The van der Waals surface area contributed by atoms with Crippen molar-refractivity contribution in [2.45, 2.75) is 25.9 Å². The first-order valence-corrected chi connectivity index (χ1v) is 8.49. The first kappa shape index (κ1) is 15.8. The van der Waals surface area contributed by atoms with Crippen LogP contribution in [0.3, 0.4) is 0 Å². The van der Waals surface area contributed by atoms with Gasteiger partial charge >= 0.3 is 5.97 Å². The number of carbonyl (C=O) groups excluding carboxylic acids is 1. The molecular weight excluding hydrogens is 294 g/mol. The molecule has 0 saturated carbocycles. The second-order valence-corrected chi connectivity index (χ2v) is 6.74. The lowest BCUT2D eigenvalue weighted by Crippen LogP contribution is -2.36. The molecule has 1 aliphatic heterocycles. The molecule has 1 aromatic carbocycles. The second kappa shape index (κ2) is 6.44. The number of nitrogens with zero attached hydrogens (tertiary/aromatic N) is 1. The van der Waals surface area contributed by atoms with Crippen molar-refractivity contribution in [1.29, 1.82) is 0 Å². The third-order valence-electron chi connectivity index (χ3n) is 3.34. The Balaban J connectivity index is 2.34. The molecule has 0 aliphatic carbocycles. The number of anilines is 1. The van der Waals surface area contributed by atoms with Crippen molar-refractivity contribution >= 4 is 21.7 Å². The molecule has 0 amide bonds. The van der Waals surface area contributed by atoms with E-state index in [1.54, 1.807) is 31.2 Å². The summed E-state index contributed by atoms with van der Waals surface area (Å²) < 4.78 is 30.8. The van der Waals surface area contributed by atoms with E-state index in [1.807, 2.05) is 0 Å². The van der Waals surface area contributed by atoms with Crippen LogP contribution in [-0.4, -0.2) is 38.4 Å². The van der Waals surface area contributed by atoms with E-state index in [9.17, 15) is 18.3 Å². The Bertz CT molecular complexity index is 614. The van der Waals surface area contributed by atoms with Crippen LogP contribution in [0, 0.1) is 0 Å². The molecule has 6 nitrogen and oxygen atoms in total. The van der Waals surface area contributed by atoms with E-state index in [0.29, 0.717) is 24.1 Å². The van der Waals surface area contributed by atoms with Gasteiger partial charge < -0.3 is 9.84 Å². The van der Waals surface area contributed by atoms with Crippen LogP contribution in [0.5, 0.6) is 0 Å². The highest BCUT2D eigenvalue weighted by molar-refractivity contribution is 7.93. The Hall–Kier alpha value is -1.60. The topological polar surface area (TPSA) is 83.9 Å². The Morgan fingerprint density at radius 3 is 2.86 bits per heavy atom. The normalized spacial score (nSPS) is 18.8. The van der Waals surface area contributed by atoms with Crippen LogP contribution >= 0.6 is 0 Å². The quantitative estimate of drug-likeness (QED) is 0.845. The van der Waals surface area contributed by atoms with Gasteiger partial charge in [0.1, 0.15) is 0 Å². The number of benzene rings is 1. The summed E-state index contributed by atoms with van der Waals surface area (Å²) in [4.78, 5) is 11.5. The zero-order valence-corrected chi connectivity index (χ0v) is 12.7. The monoisotopic (exact) mass is 313 g/mol. The number of hydrogen-bond acceptors (Lipinski definition) is 5. The fourth-order valence-corrected chi connectivity index (χ4v) is 3.83. The molecule has 1 heterocycles. The number of rotatable bonds is 4. The van der Waals surface area contributed by atoms with Crippen molar-refractivity contribution in [3.8, 4) is 0 Å². The summed E-state index contributed by atoms with van der Waals surface area (Å²) >= 11 is 0. The predicted octanol–water partition coefficient (Wildman–Crippen LogP) is 1.21. The Labute approximate surface area is 124 Å². The van der Waals surface area contributed by atoms with E-state index in [2.05, 4.69) is 0 Å². The first-order valence-electron chi connectivity index (χ1n) is 6.88. The maximum absolute atomic E-state index is 12.4. The molecule has 0 radical (unpaired) electrons. The summed E-state index contributed by atoms with van der Waals surface area (Å²) in [7, 11) is -3.82. The van der Waals surface area contributed by atoms with Crippen molar-refractivity contribution in [2.24, 2.45) is 0 Å². The molecule has 21 heavy (non-hydrogen) atoms. The van der Waals surface area contributed by atoms with Crippen LogP contribution in [0.15, 0.2) is 24.3 Å². The van der Waals surface area contributed by atoms with Gasteiger partial charge in [-0.2, -0.15) is 0 Å². The zero-order chi connectivity index (χ0) is 15.5. The highest BCUT2D eigenvalue weighted by atomic mass is 32.2. The van der Waals surface area contributed by atoms with Gasteiger partial charge in [0.05, 0.1) is 18.4 Å². The third kappa shape index (κ3) is 3.54. The summed E-state index contributed by atoms with van der Waals surface area (Å²) in [6, 6.07) is 6.82. The summed E-state index contributed by atoms with van der Waals surface area (Å²) in [5, 5.41) is 10.1. The lowest BCUT2D eigenvalue weighted by atomic mass is 10.1. The molecule has 2 rings (SSSR count). The van der Waals surface area contributed by atoms with E-state index in [4.69, 9.17) is 4.74 Å². The van der Waals surface area contributed by atoms with Crippen molar-refractivity contribution in [1.82, 2.24) is 0 Å². The minimum Gasteiger partial charge on any atom is -0.465 e. The van der Waals surface area contributed by atoms with Crippen LogP contribution in [0.25, 0.3) is 0 Å². The Morgan fingerprint density at radius 1 is 1.43 bits per heavy atom. The van der Waals surface area contributed by atoms with Crippen LogP contribution in [0.4, 0.5) is 5.69 Å². The lowest BCUT2D eigenvalue weighted by Gasteiger charge is -2.24. The molecule has 7 heteroatoms. The summed E-state index contributed by atoms with van der Waals surface area (Å²) in [6.45, 7) is 2.02. The fraction of sp³-hybridized carbons (Fsp3) is 0.500. The maximum Gasteiger partial charge on any atom is 0.323 e. The molecule has 0 saturated heterocycles. The standard InChI is InChI=1S/C14H19NO5S/c1-2-20-14(17)10-21(18,19)15-9-5-8-13(16)11-6-3-4-7-12(11)15/h3-4,6-7,13,16H,2,5,8-10H2,1H3. The highest BCUT2D eigenvalue weighted by Crippen LogP contribution is 2.34. The highest BCUT2D eigenvalue weighted by Gasteiger charge is 2.31. The molecule has 1 aliphatic rings. The molecule has 1 atom stereocenters. The molecule has 0 fully saturated rings. The van der Waals surface area contributed by atoms with Crippen LogP contribution < -0.4 is 4.31 Å². The average Bonchev–Trinajstić information content (AvgIpc) is 2.59. The van der Waals surface area contributed by atoms with Gasteiger partial charge in [-0.05, 0) is 25.8 Å². The molecule has 0 spiro atoms. The number of esters is 1. The second-order valence-electron chi connectivity index (χ2n) is 4.85. The van der Waals surface area contributed by atoms with E-state index < -0.39 is 27.8 Å². The predicted molar refractivity (Wildman–Crippen MR) is 78.4 cm³/mol. The van der Waals surface area contributed by atoms with E-state index >= 15 is 0 Å². The van der Waals surface area contributed by atoms with Gasteiger partial charge in [-0.15, -0.1) is 0 Å². The van der Waals surface area contributed by atoms with Crippen molar-refractivity contribution in [2.75, 3.05) is 23.2 Å². The van der Waals surface area contributed by atoms with Gasteiger partial charge in [0.15, 0.2) is 5.75 Å². The number of aliphatic hydroxyl groups is 1. The van der Waals surface area contributed by atoms with Gasteiger partial charge in [0.2, 0.25) is 10.0 Å². The molecule has 1 aromatic rings. The van der Waals surface area contributed by atoms with Gasteiger partial charge in [-0.3, -0.25) is 9.10 Å². The maximum atomic E-state index is 12.4. The number of carbonyl (C=O) groups is 1. The van der Waals surface area contributed by atoms with Gasteiger partial charge in [-0.25, -0.2) is 8.42 Å². The first-order chi connectivity index (χ1) is 9.95. The number of ether oxygens (including phenoxy) is 1. The van der Waals surface area contributed by atoms with Crippen molar-refractivity contribution < 1.29 is 23.1 Å². The average molecular weight is 313 g/mol. The smallest absolute Gasteiger partial charge is 0.323 e. The lowest BCUT2D eigenvalue weighted by molar-refractivity contribution is -0.139. The van der Waals surface area contributed by atoms with Gasteiger partial charge in [-0.1, -0.05) is 18.2 Å². The van der Waals surface area contributed by atoms with Gasteiger partial charge in [0, 0.05) is 12.1 Å². The summed E-state index contributed by atoms with van der Waals surface area (Å²) in [5.41, 5.74) is 1.01. The van der Waals surface area contributed by atoms with E-state index in [-0.39, 0.29) is 13.2 Å². The number of para-hydroxylation sites is 1. The minimum absolute atomic E-state index is 0.143. The zero-order valence-electron chi connectivity index (χ0n) is 11.9. The van der Waals surface area contributed by atoms with E-state index in [0.717, 1.165) is 0 Å². The van der Waals surface area contributed by atoms with Gasteiger partial charge in [0.25, 0.3) is 0 Å². The number of sulfonamides is 1. The molecule has 1 N–H and O–H groups in total. The SMILES string of the molecule is CCOC(=O)CS(=O)(=O)N1CCCC(O)c2ccccc21. The third-order valence-corrected chi connectivity index (χ3v) is 5.00. The molecule has 1 unspecified atom stereocenters. The largest absolute Gasteiger partial charge is 0.465 e. The Kier molecular flexibility index (Phi) is 4.84. The number of hydrogen-bond donors (Lipinski definition) is 1. The fourth-order valence-electron chi connectivity index (χ4n) is 2.42. The summed E-state index contributed by atoms with van der Waals surface area (Å²) in [5.74, 6) is -1.45. The minimum atomic E-state index is -3.82. The van der Waals surface area contributed by atoms with Crippen LogP contribution in [0.2, 0.25) is 0 Å². The van der Waals surface area contributed by atoms with Crippen molar-refractivity contribution in [3.63, 3.8) is 0 Å². The molecular formula is C14H19NO5S. The number of aliphatic hydroxyl groups excluding tert-OH is 1. The molecule has 0 bridgehead atoms. The molecule has 116 valence electrons. The van der Waals surface area contributed by atoms with Crippen molar-refractivity contribution in [3.05, 3.63) is 29.8 Å². The van der Waals surface area contributed by atoms with Crippen LogP contribution in [-0.2, 0) is 19.6 Å².